The molecular formula is C25H28N4O3. The van der Waals surface area contributed by atoms with Gasteiger partial charge in [0.05, 0.1) is 11.7 Å². The van der Waals surface area contributed by atoms with Gasteiger partial charge in [-0.15, -0.1) is 0 Å². The number of amides is 1. The molecule has 0 aliphatic rings. The summed E-state index contributed by atoms with van der Waals surface area (Å²) in [5.74, 6) is -0.136. The second kappa shape index (κ2) is 9.26. The van der Waals surface area contributed by atoms with E-state index in [9.17, 15) is 9.59 Å². The number of rotatable bonds is 8. The summed E-state index contributed by atoms with van der Waals surface area (Å²) in [6.45, 7) is 8.58. The third-order valence-corrected chi connectivity index (χ3v) is 5.62. The van der Waals surface area contributed by atoms with Crippen LogP contribution in [-0.4, -0.2) is 35.3 Å². The van der Waals surface area contributed by atoms with Crippen molar-refractivity contribution in [3.8, 4) is 0 Å². The minimum absolute atomic E-state index is 0.0470. The van der Waals surface area contributed by atoms with E-state index in [0.717, 1.165) is 30.5 Å². The van der Waals surface area contributed by atoms with Crippen LogP contribution >= 0.6 is 0 Å². The van der Waals surface area contributed by atoms with Gasteiger partial charge in [0.25, 0.3) is 0 Å². The van der Waals surface area contributed by atoms with Gasteiger partial charge in [-0.1, -0.05) is 23.8 Å². The zero-order valence-corrected chi connectivity index (χ0v) is 18.7. The molecule has 0 saturated heterocycles. The number of hydrogen-bond donors (Lipinski definition) is 1. The number of benzene rings is 2. The number of nitrogens with one attached hydrogen (secondary N) is 1. The van der Waals surface area contributed by atoms with E-state index in [1.54, 1.807) is 10.7 Å². The molecular weight excluding hydrogens is 404 g/mol. The van der Waals surface area contributed by atoms with Crippen LogP contribution in [0.4, 0.5) is 5.69 Å². The second-order valence-corrected chi connectivity index (χ2v) is 8.08. The maximum atomic E-state index is 12.6. The summed E-state index contributed by atoms with van der Waals surface area (Å²) in [5.41, 5.74) is 4.15. The first-order valence-corrected chi connectivity index (χ1v) is 10.9. The van der Waals surface area contributed by atoms with Gasteiger partial charge in [0.15, 0.2) is 0 Å². The Balaban J connectivity index is 1.41. The topological polar surface area (TPSA) is 80.4 Å². The van der Waals surface area contributed by atoms with Crippen molar-refractivity contribution in [3.05, 3.63) is 70.2 Å². The lowest BCUT2D eigenvalue weighted by Gasteiger charge is -2.23. The van der Waals surface area contributed by atoms with Crippen LogP contribution in [0.15, 0.2) is 57.9 Å². The molecule has 7 heteroatoms. The molecule has 0 radical (unpaired) electrons. The van der Waals surface area contributed by atoms with Crippen LogP contribution in [0.5, 0.6) is 0 Å². The van der Waals surface area contributed by atoms with Gasteiger partial charge in [0.1, 0.15) is 17.5 Å². The van der Waals surface area contributed by atoms with Gasteiger partial charge in [0, 0.05) is 30.7 Å². The summed E-state index contributed by atoms with van der Waals surface area (Å²) in [6.07, 6.45) is 2.30. The highest BCUT2D eigenvalue weighted by Crippen LogP contribution is 2.23. The van der Waals surface area contributed by atoms with Gasteiger partial charge in [0.2, 0.25) is 5.91 Å². The van der Waals surface area contributed by atoms with Gasteiger partial charge in [-0.05, 0) is 57.0 Å². The van der Waals surface area contributed by atoms with Crippen molar-refractivity contribution in [2.75, 3.05) is 24.5 Å². The van der Waals surface area contributed by atoms with Crippen LogP contribution < -0.4 is 15.8 Å². The molecule has 166 valence electrons. The van der Waals surface area contributed by atoms with Crippen LogP contribution in [0.1, 0.15) is 24.5 Å². The predicted octanol–water partition coefficient (Wildman–Crippen LogP) is 3.79. The van der Waals surface area contributed by atoms with Crippen molar-refractivity contribution in [1.29, 1.82) is 0 Å². The fraction of sp³-hybridized carbons (Fsp3) is 0.320. The molecule has 2 heterocycles. The van der Waals surface area contributed by atoms with Crippen LogP contribution in [-0.2, 0) is 11.3 Å². The van der Waals surface area contributed by atoms with Gasteiger partial charge in [-0.2, -0.15) is 5.10 Å². The number of fused-ring (bicyclic) bond motifs is 3. The van der Waals surface area contributed by atoms with Crippen molar-refractivity contribution in [2.45, 2.75) is 33.7 Å². The van der Waals surface area contributed by atoms with Crippen molar-refractivity contribution in [1.82, 2.24) is 15.1 Å². The number of aromatic nitrogens is 2. The van der Waals surface area contributed by atoms with Gasteiger partial charge in [-0.3, -0.25) is 9.48 Å². The van der Waals surface area contributed by atoms with Crippen molar-refractivity contribution in [3.63, 3.8) is 0 Å². The third kappa shape index (κ3) is 4.51. The van der Waals surface area contributed by atoms with Gasteiger partial charge >= 0.3 is 5.63 Å². The number of nitrogens with zero attached hydrogens (tertiary/aromatic N) is 3. The Labute approximate surface area is 186 Å². The van der Waals surface area contributed by atoms with Crippen molar-refractivity contribution < 1.29 is 9.21 Å². The van der Waals surface area contributed by atoms with Crippen LogP contribution in [0.3, 0.4) is 0 Å². The monoisotopic (exact) mass is 432 g/mol. The Kier molecular flexibility index (Phi) is 6.25. The fourth-order valence-electron chi connectivity index (χ4n) is 4.00. The molecule has 1 amide bonds. The normalized spacial score (nSPS) is 11.2. The molecule has 0 aliphatic heterocycles. The predicted molar refractivity (Wildman–Crippen MR) is 127 cm³/mol. The number of carbonyl (C=O) groups is 1. The largest absolute Gasteiger partial charge is 0.422 e. The summed E-state index contributed by atoms with van der Waals surface area (Å²) in [5, 5.41) is 8.42. The molecule has 2 aromatic carbocycles. The number of anilines is 1. The van der Waals surface area contributed by atoms with Crippen LogP contribution in [0, 0.1) is 13.8 Å². The standard InChI is InChI=1S/C25H28N4O3/c1-4-28(19-8-5-7-17(2)13-19)12-6-11-26-23(30)16-29-24-20-14-18(3)9-10-22(20)32-25(31)21(24)15-27-29/h5,7-10,13-15H,4,6,11-12,16H2,1-3H3,(H,26,30). The molecule has 0 spiro atoms. The summed E-state index contributed by atoms with van der Waals surface area (Å²) in [6, 6.07) is 14.0. The zero-order valence-electron chi connectivity index (χ0n) is 18.7. The molecule has 7 nitrogen and oxygen atoms in total. The molecule has 0 saturated carbocycles. The van der Waals surface area contributed by atoms with Gasteiger partial charge in [-0.25, -0.2) is 4.79 Å². The van der Waals surface area contributed by atoms with E-state index in [4.69, 9.17) is 4.42 Å². The minimum atomic E-state index is -0.446. The molecule has 1 N–H and O–H groups in total. The first-order valence-electron chi connectivity index (χ1n) is 10.9. The zero-order chi connectivity index (χ0) is 22.7. The van der Waals surface area contributed by atoms with Crippen LogP contribution in [0.2, 0.25) is 0 Å². The Morgan fingerprint density at radius 3 is 2.72 bits per heavy atom. The lowest BCUT2D eigenvalue weighted by atomic mass is 10.1. The molecule has 2 aromatic heterocycles. The summed E-state index contributed by atoms with van der Waals surface area (Å²) in [7, 11) is 0. The highest BCUT2D eigenvalue weighted by atomic mass is 16.4. The SMILES string of the molecule is CCN(CCCNC(=O)Cn1ncc2c(=O)oc3ccc(C)cc3c21)c1cccc(C)c1. The van der Waals surface area contributed by atoms with E-state index in [2.05, 4.69) is 53.4 Å². The summed E-state index contributed by atoms with van der Waals surface area (Å²) >= 11 is 0. The molecule has 0 bridgehead atoms. The molecule has 32 heavy (non-hydrogen) atoms. The first-order chi connectivity index (χ1) is 15.5. The molecule has 0 unspecified atom stereocenters. The van der Waals surface area contributed by atoms with E-state index in [-0.39, 0.29) is 12.5 Å². The fourth-order valence-corrected chi connectivity index (χ4v) is 4.00. The molecule has 0 aliphatic carbocycles. The number of aryl methyl sites for hydroxylation is 2. The smallest absolute Gasteiger partial charge is 0.347 e. The average Bonchev–Trinajstić information content (AvgIpc) is 3.19. The summed E-state index contributed by atoms with van der Waals surface area (Å²) < 4.78 is 6.97. The van der Waals surface area contributed by atoms with E-state index in [0.29, 0.717) is 23.0 Å². The maximum Gasteiger partial charge on any atom is 0.347 e. The van der Waals surface area contributed by atoms with Crippen LogP contribution in [0.25, 0.3) is 21.9 Å². The first kappa shape index (κ1) is 21.6. The molecule has 0 atom stereocenters. The Morgan fingerprint density at radius 2 is 1.94 bits per heavy atom. The van der Waals surface area contributed by atoms with E-state index < -0.39 is 5.63 Å². The lowest BCUT2D eigenvalue weighted by Crippen LogP contribution is -2.32. The van der Waals surface area contributed by atoms with Crippen molar-refractivity contribution >= 4 is 33.5 Å². The molecule has 4 rings (SSSR count). The molecule has 0 fully saturated rings. The maximum absolute atomic E-state index is 12.6. The molecule has 4 aromatic rings. The summed E-state index contributed by atoms with van der Waals surface area (Å²) in [4.78, 5) is 27.2. The quantitative estimate of drug-likeness (QED) is 0.338. The highest BCUT2D eigenvalue weighted by molar-refractivity contribution is 6.02. The van der Waals surface area contributed by atoms with E-state index >= 15 is 0 Å². The van der Waals surface area contributed by atoms with E-state index in [1.807, 2.05) is 19.1 Å². The third-order valence-electron chi connectivity index (χ3n) is 5.62. The number of carbonyl (C=O) groups excluding carboxylic acids is 1. The Hall–Kier alpha value is -3.61. The van der Waals surface area contributed by atoms with Gasteiger partial charge < -0.3 is 14.6 Å². The average molecular weight is 433 g/mol. The van der Waals surface area contributed by atoms with E-state index in [1.165, 1.54) is 17.4 Å². The second-order valence-electron chi connectivity index (χ2n) is 8.08. The highest BCUT2D eigenvalue weighted by Gasteiger charge is 2.15. The van der Waals surface area contributed by atoms with Crippen molar-refractivity contribution in [2.24, 2.45) is 0 Å². The lowest BCUT2D eigenvalue weighted by molar-refractivity contribution is -0.121. The Bertz CT molecular complexity index is 1320. The number of hydrogen-bond acceptors (Lipinski definition) is 5. The Morgan fingerprint density at radius 1 is 1.12 bits per heavy atom. The minimum Gasteiger partial charge on any atom is -0.422 e.